The SMILES string of the molecule is O=C(O)C[C@@H](NC(=O)OCC(F)(F)F)C(=O)O. The summed E-state index contributed by atoms with van der Waals surface area (Å²) < 4.78 is 38.5. The summed E-state index contributed by atoms with van der Waals surface area (Å²) in [6.45, 7) is -1.89. The number of aliphatic carboxylic acids is 2. The molecule has 98 valence electrons. The van der Waals surface area contributed by atoms with Gasteiger partial charge in [0, 0.05) is 0 Å². The first-order valence-corrected chi connectivity index (χ1v) is 4.06. The number of carboxylic acid groups (broad SMARTS) is 2. The van der Waals surface area contributed by atoms with Gasteiger partial charge >= 0.3 is 24.2 Å². The second-order valence-corrected chi connectivity index (χ2v) is 2.82. The molecule has 0 rings (SSSR count). The van der Waals surface area contributed by atoms with Crippen molar-refractivity contribution >= 4 is 18.0 Å². The Hall–Kier alpha value is -2.00. The van der Waals surface area contributed by atoms with Crippen LogP contribution in [0.3, 0.4) is 0 Å². The largest absolute Gasteiger partial charge is 0.481 e. The van der Waals surface area contributed by atoms with Crippen LogP contribution in [0.5, 0.6) is 0 Å². The molecule has 0 unspecified atom stereocenters. The Morgan fingerprint density at radius 2 is 1.76 bits per heavy atom. The van der Waals surface area contributed by atoms with Gasteiger partial charge in [0.2, 0.25) is 0 Å². The molecular formula is C7H8F3NO6. The van der Waals surface area contributed by atoms with Crippen LogP contribution in [-0.2, 0) is 14.3 Å². The van der Waals surface area contributed by atoms with Gasteiger partial charge in [-0.15, -0.1) is 0 Å². The lowest BCUT2D eigenvalue weighted by molar-refractivity contribution is -0.160. The molecule has 0 fully saturated rings. The molecule has 7 nitrogen and oxygen atoms in total. The van der Waals surface area contributed by atoms with Crippen molar-refractivity contribution < 1.29 is 42.5 Å². The number of carboxylic acids is 2. The molecule has 0 aliphatic heterocycles. The Labute approximate surface area is 92.2 Å². The van der Waals surface area contributed by atoms with E-state index in [0.717, 1.165) is 0 Å². The molecule has 0 heterocycles. The van der Waals surface area contributed by atoms with Crippen LogP contribution in [0, 0.1) is 0 Å². The van der Waals surface area contributed by atoms with Crippen LogP contribution in [0.1, 0.15) is 6.42 Å². The number of amides is 1. The van der Waals surface area contributed by atoms with E-state index in [4.69, 9.17) is 10.2 Å². The average molecular weight is 259 g/mol. The second-order valence-electron chi connectivity index (χ2n) is 2.82. The van der Waals surface area contributed by atoms with E-state index in [-0.39, 0.29) is 0 Å². The van der Waals surface area contributed by atoms with E-state index in [1.807, 2.05) is 0 Å². The Kier molecular flexibility index (Phi) is 5.22. The molecule has 17 heavy (non-hydrogen) atoms. The number of hydrogen-bond donors (Lipinski definition) is 3. The number of nitrogens with one attached hydrogen (secondary N) is 1. The first-order valence-electron chi connectivity index (χ1n) is 4.06. The average Bonchev–Trinajstić information content (AvgIpc) is 2.11. The molecule has 0 aromatic heterocycles. The van der Waals surface area contributed by atoms with Crippen LogP contribution in [0.25, 0.3) is 0 Å². The van der Waals surface area contributed by atoms with Gasteiger partial charge in [-0.25, -0.2) is 9.59 Å². The van der Waals surface area contributed by atoms with E-state index in [0.29, 0.717) is 0 Å². The first-order chi connectivity index (χ1) is 7.61. The standard InChI is InChI=1S/C7H8F3NO6/c8-7(9,10)2-17-6(16)11-3(5(14)15)1-4(12)13/h3H,1-2H2,(H,11,16)(H,12,13)(H,14,15)/t3-/m1/s1. The van der Waals surface area contributed by atoms with Gasteiger partial charge in [-0.05, 0) is 0 Å². The fourth-order valence-corrected chi connectivity index (χ4v) is 0.706. The quantitative estimate of drug-likeness (QED) is 0.650. The highest BCUT2D eigenvalue weighted by Crippen LogP contribution is 2.14. The Morgan fingerprint density at radius 3 is 2.12 bits per heavy atom. The number of alkyl halides is 3. The second kappa shape index (κ2) is 5.92. The summed E-state index contributed by atoms with van der Waals surface area (Å²) in [5.41, 5.74) is 0. The molecule has 1 amide bonds. The Morgan fingerprint density at radius 1 is 1.24 bits per heavy atom. The van der Waals surface area contributed by atoms with Crippen LogP contribution >= 0.6 is 0 Å². The molecular weight excluding hydrogens is 251 g/mol. The van der Waals surface area contributed by atoms with E-state index in [1.165, 1.54) is 5.32 Å². The minimum Gasteiger partial charge on any atom is -0.481 e. The van der Waals surface area contributed by atoms with Crippen LogP contribution in [0.2, 0.25) is 0 Å². The lowest BCUT2D eigenvalue weighted by atomic mass is 10.2. The van der Waals surface area contributed by atoms with Gasteiger partial charge in [-0.2, -0.15) is 13.2 Å². The van der Waals surface area contributed by atoms with Gasteiger partial charge in [0.25, 0.3) is 0 Å². The number of carbonyl (C=O) groups excluding carboxylic acids is 1. The van der Waals surface area contributed by atoms with E-state index in [9.17, 15) is 27.6 Å². The minimum absolute atomic E-state index is 0.976. The van der Waals surface area contributed by atoms with Crippen molar-refractivity contribution in [3.05, 3.63) is 0 Å². The number of alkyl carbamates (subject to hydrolysis) is 1. The van der Waals surface area contributed by atoms with Gasteiger partial charge in [0.1, 0.15) is 6.04 Å². The van der Waals surface area contributed by atoms with E-state index < -0.39 is 43.3 Å². The van der Waals surface area contributed by atoms with Crippen molar-refractivity contribution in [2.45, 2.75) is 18.6 Å². The molecule has 0 saturated carbocycles. The highest BCUT2D eigenvalue weighted by atomic mass is 19.4. The van der Waals surface area contributed by atoms with Crippen LogP contribution in [-0.4, -0.2) is 47.1 Å². The summed E-state index contributed by atoms with van der Waals surface area (Å²) >= 11 is 0. The van der Waals surface area contributed by atoms with Gasteiger partial charge in [-0.1, -0.05) is 0 Å². The topological polar surface area (TPSA) is 113 Å². The van der Waals surface area contributed by atoms with Crippen molar-refractivity contribution in [1.82, 2.24) is 5.32 Å². The van der Waals surface area contributed by atoms with Gasteiger partial charge < -0.3 is 20.3 Å². The summed E-state index contributed by atoms with van der Waals surface area (Å²) in [5, 5.41) is 18.2. The van der Waals surface area contributed by atoms with E-state index >= 15 is 0 Å². The van der Waals surface area contributed by atoms with E-state index in [1.54, 1.807) is 0 Å². The molecule has 0 radical (unpaired) electrons. The van der Waals surface area contributed by atoms with Crippen molar-refractivity contribution in [2.75, 3.05) is 6.61 Å². The summed E-state index contributed by atoms with van der Waals surface area (Å²) in [6.07, 6.45) is -7.38. The van der Waals surface area contributed by atoms with Gasteiger partial charge in [-0.3, -0.25) is 4.79 Å². The molecule has 1 atom stereocenters. The van der Waals surface area contributed by atoms with E-state index in [2.05, 4.69) is 4.74 Å². The van der Waals surface area contributed by atoms with Crippen LogP contribution < -0.4 is 5.32 Å². The molecule has 10 heteroatoms. The highest BCUT2D eigenvalue weighted by Gasteiger charge is 2.31. The predicted molar refractivity (Wildman–Crippen MR) is 44.2 cm³/mol. The number of halogens is 3. The maximum Gasteiger partial charge on any atom is 0.422 e. The summed E-state index contributed by atoms with van der Waals surface area (Å²) in [7, 11) is 0. The Balaban J connectivity index is 4.22. The van der Waals surface area contributed by atoms with Crippen LogP contribution in [0.15, 0.2) is 0 Å². The third kappa shape index (κ3) is 7.88. The molecule has 0 aliphatic rings. The zero-order chi connectivity index (χ0) is 13.6. The summed E-state index contributed by atoms with van der Waals surface area (Å²) in [5.74, 6) is -3.23. The first kappa shape index (κ1) is 15.0. The third-order valence-electron chi connectivity index (χ3n) is 1.34. The number of rotatable bonds is 5. The number of ether oxygens (including phenoxy) is 1. The fraction of sp³-hybridized carbons (Fsp3) is 0.571. The number of carbonyl (C=O) groups is 3. The third-order valence-corrected chi connectivity index (χ3v) is 1.34. The smallest absolute Gasteiger partial charge is 0.422 e. The molecule has 0 spiro atoms. The summed E-state index contributed by atoms with van der Waals surface area (Å²) in [4.78, 5) is 31.3. The summed E-state index contributed by atoms with van der Waals surface area (Å²) in [6, 6.07) is -1.85. The van der Waals surface area contributed by atoms with Crippen molar-refractivity contribution in [1.29, 1.82) is 0 Å². The molecule has 0 saturated heterocycles. The van der Waals surface area contributed by atoms with Gasteiger partial charge in [0.15, 0.2) is 6.61 Å². The maximum atomic E-state index is 11.6. The van der Waals surface area contributed by atoms with Crippen molar-refractivity contribution in [3.8, 4) is 0 Å². The monoisotopic (exact) mass is 259 g/mol. The maximum absolute atomic E-state index is 11.6. The zero-order valence-electron chi connectivity index (χ0n) is 8.15. The van der Waals surface area contributed by atoms with Gasteiger partial charge in [0.05, 0.1) is 6.42 Å². The lowest BCUT2D eigenvalue weighted by Crippen LogP contribution is -2.43. The zero-order valence-corrected chi connectivity index (χ0v) is 8.15. The normalized spacial score (nSPS) is 12.6. The molecule has 0 aliphatic carbocycles. The minimum atomic E-state index is -4.75. The molecule has 3 N–H and O–H groups in total. The lowest BCUT2D eigenvalue weighted by Gasteiger charge is -2.13. The molecule has 0 aromatic carbocycles. The van der Waals surface area contributed by atoms with Crippen molar-refractivity contribution in [3.63, 3.8) is 0 Å². The van der Waals surface area contributed by atoms with Crippen LogP contribution in [0.4, 0.5) is 18.0 Å². The Bertz CT molecular complexity index is 315. The molecule has 0 aromatic rings. The molecule has 0 bridgehead atoms. The fourth-order valence-electron chi connectivity index (χ4n) is 0.706. The van der Waals surface area contributed by atoms with Crippen molar-refractivity contribution in [2.24, 2.45) is 0 Å². The number of hydrogen-bond acceptors (Lipinski definition) is 4. The predicted octanol–water partition coefficient (Wildman–Crippen LogP) is 0.203. The highest BCUT2D eigenvalue weighted by molar-refractivity contribution is 5.84.